The number of unbranched alkanes of at least 4 members (excludes halogenated alkanes) is 23. The topological polar surface area (TPSA) is 52.6 Å². The number of methoxy groups -OCH3 is 2. The van der Waals surface area contributed by atoms with Gasteiger partial charge < -0.3 is 9.47 Å². The fourth-order valence-electron chi connectivity index (χ4n) is 4.83. The highest BCUT2D eigenvalue weighted by atomic mass is 16.5. The van der Waals surface area contributed by atoms with E-state index in [4.69, 9.17) is 0 Å². The van der Waals surface area contributed by atoms with Crippen LogP contribution in [-0.4, -0.2) is 26.2 Å². The Balaban J connectivity index is 0. The summed E-state index contributed by atoms with van der Waals surface area (Å²) < 4.78 is 9.24. The van der Waals surface area contributed by atoms with Gasteiger partial charge in [-0.2, -0.15) is 0 Å². The van der Waals surface area contributed by atoms with Crippen LogP contribution in [0.4, 0.5) is 0 Å². The highest BCUT2D eigenvalue weighted by Crippen LogP contribution is 2.13. The van der Waals surface area contributed by atoms with E-state index in [2.05, 4.69) is 35.5 Å². The van der Waals surface area contributed by atoms with E-state index >= 15 is 0 Å². The van der Waals surface area contributed by atoms with Crippen LogP contribution < -0.4 is 0 Å². The van der Waals surface area contributed by atoms with E-state index in [1.807, 2.05) is 0 Å². The van der Waals surface area contributed by atoms with Crippen molar-refractivity contribution < 1.29 is 19.1 Å². The van der Waals surface area contributed by atoms with Crippen molar-refractivity contribution in [1.29, 1.82) is 0 Å². The van der Waals surface area contributed by atoms with Crippen LogP contribution in [0.15, 0.2) is 12.2 Å². The van der Waals surface area contributed by atoms with Crippen molar-refractivity contribution in [2.75, 3.05) is 14.2 Å². The predicted molar refractivity (Wildman–Crippen MR) is 174 cm³/mol. The maximum atomic E-state index is 10.9. The molecule has 40 heavy (non-hydrogen) atoms. The third-order valence-electron chi connectivity index (χ3n) is 7.58. The van der Waals surface area contributed by atoms with Crippen LogP contribution in [0.5, 0.6) is 0 Å². The van der Waals surface area contributed by atoms with Crippen LogP contribution in [0.25, 0.3) is 0 Å². The fraction of sp³-hybridized carbons (Fsp3) is 0.889. The largest absolute Gasteiger partial charge is 0.469 e. The Kier molecular flexibility index (Phi) is 38.5. The molecule has 0 bridgehead atoms. The molecule has 0 saturated carbocycles. The van der Waals surface area contributed by atoms with Crippen LogP contribution in [0, 0.1) is 0 Å². The van der Waals surface area contributed by atoms with Gasteiger partial charge in [0.25, 0.3) is 0 Å². The van der Waals surface area contributed by atoms with E-state index in [1.54, 1.807) is 0 Å². The van der Waals surface area contributed by atoms with Gasteiger partial charge in [0.15, 0.2) is 0 Å². The van der Waals surface area contributed by atoms with Gasteiger partial charge in [-0.05, 0) is 38.5 Å². The Bertz CT molecular complexity index is 529. The van der Waals surface area contributed by atoms with Gasteiger partial charge in [-0.1, -0.05) is 154 Å². The molecule has 0 aromatic carbocycles. The van der Waals surface area contributed by atoms with Crippen LogP contribution >= 0.6 is 0 Å². The van der Waals surface area contributed by atoms with Crippen molar-refractivity contribution in [2.45, 2.75) is 194 Å². The molecule has 0 N–H and O–H groups in total. The lowest BCUT2D eigenvalue weighted by Crippen LogP contribution is -1.99. The third-order valence-corrected chi connectivity index (χ3v) is 7.58. The molecule has 0 saturated heterocycles. The molecule has 0 aliphatic heterocycles. The molecule has 4 heteroatoms. The third kappa shape index (κ3) is 38.8. The average molecular weight is 567 g/mol. The fourth-order valence-corrected chi connectivity index (χ4v) is 4.83. The molecule has 0 atom stereocenters. The van der Waals surface area contributed by atoms with Crippen LogP contribution in [0.1, 0.15) is 194 Å². The van der Waals surface area contributed by atoms with Crippen LogP contribution in [-0.2, 0) is 19.1 Å². The van der Waals surface area contributed by atoms with Gasteiger partial charge in [0, 0.05) is 12.8 Å². The minimum Gasteiger partial charge on any atom is -0.469 e. The van der Waals surface area contributed by atoms with Crippen molar-refractivity contribution >= 4 is 11.9 Å². The quantitative estimate of drug-likeness (QED) is 0.0513. The lowest BCUT2D eigenvalue weighted by atomic mass is 10.0. The van der Waals surface area contributed by atoms with Crippen LogP contribution in [0.3, 0.4) is 0 Å². The summed E-state index contributed by atoms with van der Waals surface area (Å²) in [6.45, 7) is 4.53. The monoisotopic (exact) mass is 567 g/mol. The smallest absolute Gasteiger partial charge is 0.305 e. The highest BCUT2D eigenvalue weighted by molar-refractivity contribution is 5.69. The zero-order valence-corrected chi connectivity index (χ0v) is 27.6. The van der Waals surface area contributed by atoms with Crippen molar-refractivity contribution in [2.24, 2.45) is 0 Å². The lowest BCUT2D eigenvalue weighted by Gasteiger charge is -2.03. The summed E-state index contributed by atoms with van der Waals surface area (Å²) >= 11 is 0. The number of esters is 2. The van der Waals surface area contributed by atoms with Gasteiger partial charge in [0.05, 0.1) is 14.2 Å². The SMILES string of the molecule is CCCCCCCC/C=C/CCCCCCCC(=O)OC.CCCCCCCCCCCCCCCC(=O)OC. The molecule has 0 aliphatic carbocycles. The normalized spacial score (nSPS) is 10.9. The summed E-state index contributed by atoms with van der Waals surface area (Å²) in [7, 11) is 2.92. The molecule has 0 radical (unpaired) electrons. The average Bonchev–Trinajstić information content (AvgIpc) is 2.97. The molecule has 0 spiro atoms. The second-order valence-corrected chi connectivity index (χ2v) is 11.5. The number of carbonyl (C=O) groups is 2. The van der Waals surface area contributed by atoms with E-state index in [-0.39, 0.29) is 11.9 Å². The molecule has 0 amide bonds. The maximum absolute atomic E-state index is 10.9. The van der Waals surface area contributed by atoms with Crippen molar-refractivity contribution in [3.05, 3.63) is 12.2 Å². The van der Waals surface area contributed by atoms with E-state index in [9.17, 15) is 9.59 Å². The van der Waals surface area contributed by atoms with Crippen molar-refractivity contribution in [3.8, 4) is 0 Å². The molecule has 4 nitrogen and oxygen atoms in total. The molecule has 0 heterocycles. The number of carbonyl (C=O) groups excluding carboxylic acids is 2. The summed E-state index contributed by atoms with van der Waals surface area (Å²) in [5.74, 6) is -0.143. The first kappa shape index (κ1) is 40.8. The number of rotatable bonds is 29. The minimum atomic E-state index is -0.0763. The molecular weight excluding hydrogens is 496 g/mol. The Morgan fingerprint density at radius 2 is 0.650 bits per heavy atom. The van der Waals surface area contributed by atoms with Gasteiger partial charge in [-0.3, -0.25) is 9.59 Å². The Morgan fingerprint density at radius 1 is 0.400 bits per heavy atom. The van der Waals surface area contributed by atoms with Gasteiger partial charge in [-0.25, -0.2) is 0 Å². The van der Waals surface area contributed by atoms with Gasteiger partial charge in [-0.15, -0.1) is 0 Å². The summed E-state index contributed by atoms with van der Waals surface area (Å²) in [5, 5.41) is 0. The van der Waals surface area contributed by atoms with E-state index < -0.39 is 0 Å². The first-order valence-electron chi connectivity index (χ1n) is 17.4. The Labute approximate surface area is 250 Å². The summed E-state index contributed by atoms with van der Waals surface area (Å²) in [5.41, 5.74) is 0. The van der Waals surface area contributed by atoms with E-state index in [1.165, 1.54) is 162 Å². The van der Waals surface area contributed by atoms with Gasteiger partial charge in [0.1, 0.15) is 0 Å². The lowest BCUT2D eigenvalue weighted by molar-refractivity contribution is -0.141. The molecule has 0 unspecified atom stereocenters. The molecule has 238 valence electrons. The van der Waals surface area contributed by atoms with E-state index in [0.717, 1.165) is 19.3 Å². The molecule has 0 aliphatic rings. The molecular formula is C36H70O4. The molecule has 0 rings (SSSR count). The Hall–Kier alpha value is -1.32. The van der Waals surface area contributed by atoms with E-state index in [0.29, 0.717) is 12.8 Å². The zero-order chi connectivity index (χ0) is 29.8. The molecule has 0 aromatic rings. The minimum absolute atomic E-state index is 0.0666. The van der Waals surface area contributed by atoms with Gasteiger partial charge >= 0.3 is 11.9 Å². The first-order valence-corrected chi connectivity index (χ1v) is 17.4. The second-order valence-electron chi connectivity index (χ2n) is 11.5. The van der Waals surface area contributed by atoms with Crippen LogP contribution in [0.2, 0.25) is 0 Å². The number of hydrogen-bond donors (Lipinski definition) is 0. The summed E-state index contributed by atoms with van der Waals surface area (Å²) in [6, 6.07) is 0. The number of ether oxygens (including phenoxy) is 2. The Morgan fingerprint density at radius 3 is 0.925 bits per heavy atom. The van der Waals surface area contributed by atoms with Gasteiger partial charge in [0.2, 0.25) is 0 Å². The van der Waals surface area contributed by atoms with Crippen molar-refractivity contribution in [1.82, 2.24) is 0 Å². The summed E-state index contributed by atoms with van der Waals surface area (Å²) in [6.07, 6.45) is 40.0. The second kappa shape index (κ2) is 37.7. The molecule has 0 aromatic heterocycles. The predicted octanol–water partition coefficient (Wildman–Crippen LogP) is 11.8. The molecule has 0 fully saturated rings. The number of hydrogen-bond acceptors (Lipinski definition) is 4. The maximum Gasteiger partial charge on any atom is 0.305 e. The number of allylic oxidation sites excluding steroid dienone is 2. The highest BCUT2D eigenvalue weighted by Gasteiger charge is 2.00. The summed E-state index contributed by atoms with van der Waals surface area (Å²) in [4.78, 5) is 21.8. The van der Waals surface area contributed by atoms with Crippen molar-refractivity contribution in [3.63, 3.8) is 0 Å². The first-order chi connectivity index (χ1) is 19.6. The standard InChI is InChI=1S/C19H36O2.C17H34O2/c1-3-4-5-6-7-8-9-10-11-12-13-14-15-16-17-18-19(20)21-2;1-3-4-5-6-7-8-9-10-11-12-13-14-15-16-17(18)19-2/h10-11H,3-9,12-18H2,1-2H3;3-16H2,1-2H3/b11-10+;. The zero-order valence-electron chi connectivity index (χ0n) is 27.6.